The molecule has 0 atom stereocenters. The van der Waals surface area contributed by atoms with E-state index in [1.807, 2.05) is 0 Å². The summed E-state index contributed by atoms with van der Waals surface area (Å²) in [5.41, 5.74) is -0.187. The molecule has 33 heavy (non-hydrogen) atoms. The maximum atomic E-state index is 13.4. The summed E-state index contributed by atoms with van der Waals surface area (Å²) < 4.78 is 41.7. The molecule has 0 radical (unpaired) electrons. The second-order valence-corrected chi connectivity index (χ2v) is 8.61. The number of aromatic nitrogens is 3. The predicted molar refractivity (Wildman–Crippen MR) is 121 cm³/mol. The van der Waals surface area contributed by atoms with Gasteiger partial charge in [-0.05, 0) is 57.0 Å². The van der Waals surface area contributed by atoms with Crippen molar-refractivity contribution in [1.82, 2.24) is 20.1 Å². The van der Waals surface area contributed by atoms with Crippen molar-refractivity contribution >= 4 is 33.4 Å². The molecule has 174 valence electrons. The number of hydrogen-bond acceptors (Lipinski definition) is 4. The van der Waals surface area contributed by atoms with E-state index in [9.17, 15) is 22.8 Å². The first-order valence-electron chi connectivity index (χ1n) is 9.90. The van der Waals surface area contributed by atoms with Crippen LogP contribution in [-0.2, 0) is 6.18 Å². The molecule has 11 heteroatoms. The van der Waals surface area contributed by atoms with Crippen LogP contribution in [0.5, 0.6) is 0 Å². The third kappa shape index (κ3) is 5.41. The van der Waals surface area contributed by atoms with Crippen LogP contribution in [0.2, 0.25) is 0 Å². The van der Waals surface area contributed by atoms with Gasteiger partial charge in [0.25, 0.3) is 11.8 Å². The van der Waals surface area contributed by atoms with Crippen molar-refractivity contribution in [2.24, 2.45) is 0 Å². The lowest BCUT2D eigenvalue weighted by atomic mass is 10.1. The maximum absolute atomic E-state index is 13.4. The molecular formula is C22H21BrF3N5O2. The summed E-state index contributed by atoms with van der Waals surface area (Å²) in [7, 11) is 0. The van der Waals surface area contributed by atoms with Gasteiger partial charge in [0.05, 0.1) is 11.3 Å². The SMILES string of the molecule is Cc1cccnc1-n1nc(C(F)(F)F)cc1C(=O)Nc1c(C)cc(Br)cc1C(=O)NC(C)C. The van der Waals surface area contributed by atoms with Gasteiger partial charge >= 0.3 is 6.18 Å². The van der Waals surface area contributed by atoms with Crippen LogP contribution >= 0.6 is 15.9 Å². The second kappa shape index (κ2) is 9.34. The molecule has 0 saturated carbocycles. The number of carbonyl (C=O) groups excluding carboxylic acids is 2. The van der Waals surface area contributed by atoms with Crippen molar-refractivity contribution in [3.63, 3.8) is 0 Å². The van der Waals surface area contributed by atoms with Gasteiger partial charge < -0.3 is 10.6 Å². The van der Waals surface area contributed by atoms with E-state index in [1.54, 1.807) is 45.9 Å². The molecule has 0 bridgehead atoms. The average molecular weight is 524 g/mol. The van der Waals surface area contributed by atoms with Crippen LogP contribution in [0.4, 0.5) is 18.9 Å². The fourth-order valence-electron chi connectivity index (χ4n) is 3.15. The summed E-state index contributed by atoms with van der Waals surface area (Å²) in [5.74, 6) is -1.22. The summed E-state index contributed by atoms with van der Waals surface area (Å²) >= 11 is 3.33. The number of rotatable bonds is 5. The van der Waals surface area contributed by atoms with Crippen LogP contribution in [0.25, 0.3) is 5.82 Å². The highest BCUT2D eigenvalue weighted by atomic mass is 79.9. The lowest BCUT2D eigenvalue weighted by Crippen LogP contribution is -2.31. The number of amides is 2. The van der Waals surface area contributed by atoms with E-state index in [1.165, 1.54) is 12.3 Å². The molecular weight excluding hydrogens is 503 g/mol. The number of nitrogens with zero attached hydrogens (tertiary/aromatic N) is 3. The predicted octanol–water partition coefficient (Wildman–Crippen LogP) is 5.06. The van der Waals surface area contributed by atoms with Gasteiger partial charge in [-0.2, -0.15) is 18.3 Å². The zero-order chi connectivity index (χ0) is 24.5. The largest absolute Gasteiger partial charge is 0.435 e. The number of halogens is 4. The van der Waals surface area contributed by atoms with Crippen molar-refractivity contribution in [3.05, 3.63) is 69.1 Å². The Morgan fingerprint density at radius 2 is 1.79 bits per heavy atom. The molecule has 0 unspecified atom stereocenters. The van der Waals surface area contributed by atoms with Crippen molar-refractivity contribution in [2.75, 3.05) is 5.32 Å². The van der Waals surface area contributed by atoms with Gasteiger partial charge in [-0.3, -0.25) is 9.59 Å². The molecule has 3 rings (SSSR count). The molecule has 2 N–H and O–H groups in total. The number of pyridine rings is 1. The number of carbonyl (C=O) groups is 2. The molecule has 0 fully saturated rings. The Bertz CT molecular complexity index is 1220. The molecule has 2 heterocycles. The fraction of sp³-hybridized carbons (Fsp3) is 0.273. The number of nitrogens with one attached hydrogen (secondary N) is 2. The van der Waals surface area contributed by atoms with Crippen LogP contribution < -0.4 is 10.6 Å². The zero-order valence-corrected chi connectivity index (χ0v) is 19.8. The first kappa shape index (κ1) is 24.4. The molecule has 7 nitrogen and oxygen atoms in total. The van der Waals surface area contributed by atoms with Gasteiger partial charge in [0.15, 0.2) is 11.5 Å². The van der Waals surface area contributed by atoms with Crippen LogP contribution in [-0.4, -0.2) is 32.6 Å². The van der Waals surface area contributed by atoms with Gasteiger partial charge in [-0.15, -0.1) is 0 Å². The first-order valence-corrected chi connectivity index (χ1v) is 10.7. The minimum atomic E-state index is -4.77. The number of hydrogen-bond donors (Lipinski definition) is 2. The molecule has 0 saturated heterocycles. The minimum absolute atomic E-state index is 0.0865. The molecule has 0 aliphatic rings. The Morgan fingerprint density at radius 1 is 1.09 bits per heavy atom. The summed E-state index contributed by atoms with van der Waals surface area (Å²) in [6.45, 7) is 6.89. The molecule has 0 aliphatic carbocycles. The van der Waals surface area contributed by atoms with Crippen molar-refractivity contribution in [1.29, 1.82) is 0 Å². The summed E-state index contributed by atoms with van der Waals surface area (Å²) in [6, 6.07) is 6.98. The Balaban J connectivity index is 2.10. The number of alkyl halides is 3. The Hall–Kier alpha value is -3.21. The first-order chi connectivity index (χ1) is 15.4. The van der Waals surface area contributed by atoms with E-state index < -0.39 is 23.7 Å². The monoisotopic (exact) mass is 523 g/mol. The van der Waals surface area contributed by atoms with Gasteiger partial charge in [-0.1, -0.05) is 22.0 Å². The summed E-state index contributed by atoms with van der Waals surface area (Å²) in [4.78, 5) is 30.0. The van der Waals surface area contributed by atoms with E-state index in [2.05, 4.69) is 36.6 Å². The summed E-state index contributed by atoms with van der Waals surface area (Å²) in [5, 5.41) is 8.93. The molecule has 0 aliphatic heterocycles. The average Bonchev–Trinajstić information content (AvgIpc) is 3.15. The molecule has 0 spiro atoms. The highest BCUT2D eigenvalue weighted by Crippen LogP contribution is 2.31. The summed E-state index contributed by atoms with van der Waals surface area (Å²) in [6.07, 6.45) is -3.37. The van der Waals surface area contributed by atoms with Crippen LogP contribution in [0, 0.1) is 13.8 Å². The third-order valence-corrected chi connectivity index (χ3v) is 5.08. The fourth-order valence-corrected chi connectivity index (χ4v) is 3.72. The smallest absolute Gasteiger partial charge is 0.350 e. The number of anilines is 1. The van der Waals surface area contributed by atoms with Gasteiger partial charge in [0, 0.05) is 22.8 Å². The molecule has 2 aromatic heterocycles. The zero-order valence-electron chi connectivity index (χ0n) is 18.2. The van der Waals surface area contributed by atoms with E-state index in [-0.39, 0.29) is 28.8 Å². The van der Waals surface area contributed by atoms with E-state index >= 15 is 0 Å². The minimum Gasteiger partial charge on any atom is -0.350 e. The second-order valence-electron chi connectivity index (χ2n) is 7.70. The highest BCUT2D eigenvalue weighted by molar-refractivity contribution is 9.10. The topological polar surface area (TPSA) is 88.9 Å². The quantitative estimate of drug-likeness (QED) is 0.489. The van der Waals surface area contributed by atoms with E-state index in [0.717, 1.165) is 4.68 Å². The lowest BCUT2D eigenvalue weighted by Gasteiger charge is -2.16. The maximum Gasteiger partial charge on any atom is 0.435 e. The van der Waals surface area contributed by atoms with Gasteiger partial charge in [-0.25, -0.2) is 9.67 Å². The van der Waals surface area contributed by atoms with E-state index in [0.29, 0.717) is 21.7 Å². The Labute approximate surface area is 196 Å². The molecule has 2 amide bonds. The number of benzene rings is 1. The van der Waals surface area contributed by atoms with Crippen molar-refractivity contribution < 1.29 is 22.8 Å². The number of aryl methyl sites for hydroxylation is 2. The third-order valence-electron chi connectivity index (χ3n) is 4.62. The van der Waals surface area contributed by atoms with Crippen molar-refractivity contribution in [3.8, 4) is 5.82 Å². The van der Waals surface area contributed by atoms with Gasteiger partial charge in [0.2, 0.25) is 0 Å². The molecule has 3 aromatic rings. The Kier molecular flexibility index (Phi) is 6.92. The standard InChI is InChI=1S/C22H21BrF3N5O2/c1-11(2)28-20(32)15-9-14(23)8-13(4)18(15)29-21(33)16-10-17(22(24,25)26)30-31(16)19-12(3)6-5-7-27-19/h5-11H,1-4H3,(H,28,32)(H,29,33). The van der Waals surface area contributed by atoms with E-state index in [4.69, 9.17) is 0 Å². The molecule has 1 aromatic carbocycles. The van der Waals surface area contributed by atoms with Gasteiger partial charge in [0.1, 0.15) is 5.69 Å². The Morgan fingerprint density at radius 3 is 2.39 bits per heavy atom. The van der Waals surface area contributed by atoms with Crippen LogP contribution in [0.3, 0.4) is 0 Å². The highest BCUT2D eigenvalue weighted by Gasteiger charge is 2.36. The van der Waals surface area contributed by atoms with Crippen molar-refractivity contribution in [2.45, 2.75) is 39.9 Å². The van der Waals surface area contributed by atoms with Crippen LogP contribution in [0.1, 0.15) is 51.5 Å². The van der Waals surface area contributed by atoms with Crippen LogP contribution in [0.15, 0.2) is 41.0 Å². The normalized spacial score (nSPS) is 11.5. The lowest BCUT2D eigenvalue weighted by molar-refractivity contribution is -0.141.